The molecule has 1 atom stereocenters. The predicted molar refractivity (Wildman–Crippen MR) is 82.2 cm³/mol. The van der Waals surface area contributed by atoms with Crippen LogP contribution in [0, 0.1) is 11.3 Å². The van der Waals surface area contributed by atoms with Gasteiger partial charge in [-0.3, -0.25) is 0 Å². The van der Waals surface area contributed by atoms with Crippen molar-refractivity contribution in [1.29, 1.82) is 5.26 Å². The van der Waals surface area contributed by atoms with Crippen LogP contribution in [0.3, 0.4) is 0 Å². The number of benzene rings is 1. The Hall–Kier alpha value is -1.09. The van der Waals surface area contributed by atoms with Gasteiger partial charge in [-0.2, -0.15) is 5.26 Å². The first-order valence-corrected chi connectivity index (χ1v) is 7.53. The number of nitriles is 1. The first kappa shape index (κ1) is 14.3. The maximum Gasteiger partial charge on any atom is 0.137 e. The summed E-state index contributed by atoms with van der Waals surface area (Å²) in [6.07, 6.45) is 0. The van der Waals surface area contributed by atoms with Gasteiger partial charge in [0.1, 0.15) is 4.32 Å². The van der Waals surface area contributed by atoms with Crippen molar-refractivity contribution >= 4 is 28.3 Å². The first-order valence-electron chi connectivity index (χ1n) is 6.24. The number of morpholine rings is 1. The van der Waals surface area contributed by atoms with Crippen LogP contribution in [0.25, 0.3) is 0 Å². The summed E-state index contributed by atoms with van der Waals surface area (Å²) in [4.78, 5) is 2.20. The van der Waals surface area contributed by atoms with Crippen molar-refractivity contribution in [2.75, 3.05) is 26.3 Å². The van der Waals surface area contributed by atoms with Crippen LogP contribution in [-0.4, -0.2) is 35.5 Å². The Balaban J connectivity index is 1.93. The van der Waals surface area contributed by atoms with Gasteiger partial charge in [-0.15, -0.1) is 0 Å². The fourth-order valence-corrected chi connectivity index (χ4v) is 3.41. The van der Waals surface area contributed by atoms with Gasteiger partial charge < -0.3 is 9.64 Å². The van der Waals surface area contributed by atoms with Crippen LogP contribution < -0.4 is 0 Å². The summed E-state index contributed by atoms with van der Waals surface area (Å²) in [5, 5.41) is 9.08. The lowest BCUT2D eigenvalue weighted by molar-refractivity contribution is 0.0702. The second kappa shape index (κ2) is 6.90. The minimum Gasteiger partial charge on any atom is -0.378 e. The Bertz CT molecular complexity index is 475. The van der Waals surface area contributed by atoms with E-state index in [0.717, 1.165) is 30.6 Å². The minimum atomic E-state index is 0.295. The number of thiocarbonyl (C=S) groups is 1. The highest BCUT2D eigenvalue weighted by Crippen LogP contribution is 2.30. The minimum absolute atomic E-state index is 0.295. The van der Waals surface area contributed by atoms with Crippen molar-refractivity contribution in [3.05, 3.63) is 35.4 Å². The summed E-state index contributed by atoms with van der Waals surface area (Å²) in [5.74, 6) is 0. The maximum absolute atomic E-state index is 8.79. The van der Waals surface area contributed by atoms with Gasteiger partial charge in [0.2, 0.25) is 0 Å². The normalized spacial score (nSPS) is 16.7. The molecule has 0 saturated carbocycles. The van der Waals surface area contributed by atoms with Crippen LogP contribution in [0.4, 0.5) is 0 Å². The highest BCUT2D eigenvalue weighted by atomic mass is 32.2. The average molecular weight is 292 g/mol. The molecular formula is C14H16N2OS2. The summed E-state index contributed by atoms with van der Waals surface area (Å²) in [5.41, 5.74) is 1.89. The van der Waals surface area contributed by atoms with Crippen molar-refractivity contribution in [2.45, 2.75) is 12.2 Å². The zero-order chi connectivity index (χ0) is 13.7. The molecule has 0 aliphatic carbocycles. The van der Waals surface area contributed by atoms with Gasteiger partial charge in [-0.05, 0) is 24.6 Å². The van der Waals surface area contributed by atoms with Crippen molar-refractivity contribution in [1.82, 2.24) is 4.90 Å². The predicted octanol–water partition coefficient (Wildman–Crippen LogP) is 2.97. The van der Waals surface area contributed by atoms with Gasteiger partial charge in [-0.25, -0.2) is 0 Å². The molecule has 0 aromatic heterocycles. The third-order valence-electron chi connectivity index (χ3n) is 3.06. The van der Waals surface area contributed by atoms with Gasteiger partial charge in [0.25, 0.3) is 0 Å². The second-order valence-corrected chi connectivity index (χ2v) is 6.33. The van der Waals surface area contributed by atoms with E-state index < -0.39 is 0 Å². The van der Waals surface area contributed by atoms with E-state index in [1.807, 2.05) is 24.3 Å². The van der Waals surface area contributed by atoms with Gasteiger partial charge in [0.05, 0.1) is 24.8 Å². The molecule has 0 N–H and O–H groups in total. The highest BCUT2D eigenvalue weighted by Gasteiger charge is 2.17. The summed E-state index contributed by atoms with van der Waals surface area (Å²) < 4.78 is 6.25. The van der Waals surface area contributed by atoms with Crippen molar-refractivity contribution in [3.8, 4) is 6.07 Å². The lowest BCUT2D eigenvalue weighted by Crippen LogP contribution is -2.38. The first-order chi connectivity index (χ1) is 9.20. The second-order valence-electron chi connectivity index (χ2n) is 4.36. The Morgan fingerprint density at radius 3 is 2.58 bits per heavy atom. The lowest BCUT2D eigenvalue weighted by atomic mass is 10.1. The summed E-state index contributed by atoms with van der Waals surface area (Å²) in [7, 11) is 0. The number of rotatable bonds is 2. The largest absolute Gasteiger partial charge is 0.378 e. The van der Waals surface area contributed by atoms with Crippen LogP contribution in [0.2, 0.25) is 0 Å². The van der Waals surface area contributed by atoms with E-state index in [9.17, 15) is 0 Å². The summed E-state index contributed by atoms with van der Waals surface area (Å²) in [6.45, 7) is 5.41. The van der Waals surface area contributed by atoms with Gasteiger partial charge in [-0.1, -0.05) is 36.1 Å². The van der Waals surface area contributed by atoms with Crippen LogP contribution >= 0.6 is 24.0 Å². The van der Waals surface area contributed by atoms with Gasteiger partial charge in [0, 0.05) is 18.3 Å². The van der Waals surface area contributed by atoms with Gasteiger partial charge in [0.15, 0.2) is 0 Å². The molecule has 19 heavy (non-hydrogen) atoms. The molecule has 1 aromatic carbocycles. The van der Waals surface area contributed by atoms with E-state index in [4.69, 9.17) is 22.2 Å². The Kier molecular flexibility index (Phi) is 5.20. The molecule has 1 aliphatic heterocycles. The molecule has 5 heteroatoms. The number of hydrogen-bond acceptors (Lipinski definition) is 4. The summed E-state index contributed by atoms with van der Waals surface area (Å²) in [6, 6.07) is 9.83. The number of hydrogen-bond donors (Lipinski definition) is 0. The third kappa shape index (κ3) is 3.93. The smallest absolute Gasteiger partial charge is 0.137 e. The molecule has 1 fully saturated rings. The van der Waals surface area contributed by atoms with Crippen LogP contribution in [0.15, 0.2) is 24.3 Å². The van der Waals surface area contributed by atoms with E-state index >= 15 is 0 Å². The molecular weight excluding hydrogens is 276 g/mol. The maximum atomic E-state index is 8.79. The fourth-order valence-electron chi connectivity index (χ4n) is 1.87. The quantitative estimate of drug-likeness (QED) is 0.783. The zero-order valence-corrected chi connectivity index (χ0v) is 12.5. The van der Waals surface area contributed by atoms with Crippen molar-refractivity contribution < 1.29 is 4.74 Å². The molecule has 0 spiro atoms. The molecule has 0 bridgehead atoms. The standard InChI is InChI=1S/C14H16N2OS2/c1-11(13-4-2-12(10-15)3-5-13)19-14(18)16-6-8-17-9-7-16/h2-5,11H,6-9H2,1H3. The van der Waals surface area contributed by atoms with E-state index in [-0.39, 0.29) is 0 Å². The molecule has 1 saturated heterocycles. The van der Waals surface area contributed by atoms with Crippen molar-refractivity contribution in [3.63, 3.8) is 0 Å². The Morgan fingerprint density at radius 1 is 1.37 bits per heavy atom. The monoisotopic (exact) mass is 292 g/mol. The summed E-state index contributed by atoms with van der Waals surface area (Å²) >= 11 is 7.17. The molecule has 0 amide bonds. The molecule has 3 nitrogen and oxygen atoms in total. The number of thioether (sulfide) groups is 1. The topological polar surface area (TPSA) is 36.3 Å². The number of ether oxygens (including phenoxy) is 1. The third-order valence-corrected chi connectivity index (χ3v) is 4.69. The highest BCUT2D eigenvalue weighted by molar-refractivity contribution is 8.23. The lowest BCUT2D eigenvalue weighted by Gasteiger charge is -2.29. The van der Waals surface area contributed by atoms with E-state index in [2.05, 4.69) is 17.9 Å². The van der Waals surface area contributed by atoms with E-state index in [1.165, 1.54) is 5.56 Å². The van der Waals surface area contributed by atoms with Crippen LogP contribution in [0.1, 0.15) is 23.3 Å². The molecule has 2 rings (SSSR count). The number of nitrogens with zero attached hydrogens (tertiary/aromatic N) is 2. The molecule has 0 radical (unpaired) electrons. The molecule has 1 aliphatic rings. The van der Waals surface area contributed by atoms with Gasteiger partial charge >= 0.3 is 0 Å². The van der Waals surface area contributed by atoms with E-state index in [1.54, 1.807) is 11.8 Å². The van der Waals surface area contributed by atoms with Crippen LogP contribution in [-0.2, 0) is 4.74 Å². The Labute approximate surface area is 123 Å². The SMILES string of the molecule is CC(SC(=S)N1CCOCC1)c1ccc(C#N)cc1. The zero-order valence-electron chi connectivity index (χ0n) is 10.8. The Morgan fingerprint density at radius 2 is 2.00 bits per heavy atom. The molecule has 1 heterocycles. The molecule has 1 aromatic rings. The fraction of sp³-hybridized carbons (Fsp3) is 0.429. The van der Waals surface area contributed by atoms with Crippen LogP contribution in [0.5, 0.6) is 0 Å². The molecule has 1 unspecified atom stereocenters. The molecule has 100 valence electrons. The average Bonchev–Trinajstić information content (AvgIpc) is 2.48. The van der Waals surface area contributed by atoms with E-state index in [0.29, 0.717) is 10.8 Å². The van der Waals surface area contributed by atoms with Crippen molar-refractivity contribution in [2.24, 2.45) is 0 Å².